The molecule has 1 heterocycles. The molecule has 0 aliphatic carbocycles. The van der Waals surface area contributed by atoms with Crippen LogP contribution in [0.5, 0.6) is 0 Å². The number of hydrogen-bond acceptors (Lipinski definition) is 3. The van der Waals surface area contributed by atoms with E-state index in [1.807, 2.05) is 0 Å². The van der Waals surface area contributed by atoms with Crippen LogP contribution in [0.15, 0.2) is 24.3 Å². The van der Waals surface area contributed by atoms with E-state index in [0.29, 0.717) is 19.1 Å². The number of nitrogens with one attached hydrogen (secondary N) is 2. The van der Waals surface area contributed by atoms with E-state index in [9.17, 15) is 9.18 Å². The SMILES string of the molecule is CCN(CC(=O)NCc1ccc(F)cc1)CC1CCCN1. The van der Waals surface area contributed by atoms with Gasteiger partial charge in [0.1, 0.15) is 5.82 Å². The van der Waals surface area contributed by atoms with Crippen LogP contribution in [-0.2, 0) is 11.3 Å². The summed E-state index contributed by atoms with van der Waals surface area (Å²) in [5.74, 6) is -0.245. The molecule has 116 valence electrons. The minimum Gasteiger partial charge on any atom is -0.351 e. The Bertz CT molecular complexity index is 443. The van der Waals surface area contributed by atoms with Crippen molar-refractivity contribution in [3.63, 3.8) is 0 Å². The van der Waals surface area contributed by atoms with Crippen molar-refractivity contribution >= 4 is 5.91 Å². The van der Waals surface area contributed by atoms with E-state index in [-0.39, 0.29) is 11.7 Å². The summed E-state index contributed by atoms with van der Waals surface area (Å²) in [6, 6.07) is 6.71. The molecule has 0 bridgehead atoms. The lowest BCUT2D eigenvalue weighted by Gasteiger charge is -2.23. The predicted molar refractivity (Wildman–Crippen MR) is 81.4 cm³/mol. The van der Waals surface area contributed by atoms with E-state index in [4.69, 9.17) is 0 Å². The number of carbonyl (C=O) groups is 1. The number of carbonyl (C=O) groups excluding carboxylic acids is 1. The first-order valence-electron chi connectivity index (χ1n) is 7.64. The highest BCUT2D eigenvalue weighted by molar-refractivity contribution is 5.78. The van der Waals surface area contributed by atoms with Crippen LogP contribution in [-0.4, -0.2) is 43.0 Å². The van der Waals surface area contributed by atoms with Crippen LogP contribution in [0.2, 0.25) is 0 Å². The van der Waals surface area contributed by atoms with Gasteiger partial charge in [-0.15, -0.1) is 0 Å². The van der Waals surface area contributed by atoms with Crippen molar-refractivity contribution in [3.05, 3.63) is 35.6 Å². The Balaban J connectivity index is 1.72. The molecule has 0 aromatic heterocycles. The van der Waals surface area contributed by atoms with Gasteiger partial charge in [0.15, 0.2) is 0 Å². The zero-order chi connectivity index (χ0) is 15.1. The van der Waals surface area contributed by atoms with E-state index in [2.05, 4.69) is 22.5 Å². The van der Waals surface area contributed by atoms with Crippen LogP contribution in [0.3, 0.4) is 0 Å². The van der Waals surface area contributed by atoms with Crippen LogP contribution in [0, 0.1) is 5.82 Å². The largest absolute Gasteiger partial charge is 0.351 e. The van der Waals surface area contributed by atoms with Crippen LogP contribution in [0.4, 0.5) is 4.39 Å². The molecule has 1 aliphatic heterocycles. The van der Waals surface area contributed by atoms with E-state index < -0.39 is 0 Å². The molecule has 2 rings (SSSR count). The summed E-state index contributed by atoms with van der Waals surface area (Å²) >= 11 is 0. The molecule has 2 N–H and O–H groups in total. The third-order valence-corrected chi connectivity index (χ3v) is 3.86. The first kappa shape index (κ1) is 15.9. The summed E-state index contributed by atoms with van der Waals surface area (Å²) in [6.45, 7) is 5.79. The fourth-order valence-electron chi connectivity index (χ4n) is 2.59. The average molecular weight is 293 g/mol. The fourth-order valence-corrected chi connectivity index (χ4v) is 2.59. The van der Waals surface area contributed by atoms with Gasteiger partial charge in [0.2, 0.25) is 5.91 Å². The van der Waals surface area contributed by atoms with Crippen LogP contribution in [0.1, 0.15) is 25.3 Å². The van der Waals surface area contributed by atoms with E-state index in [1.54, 1.807) is 12.1 Å². The Morgan fingerprint density at radius 1 is 1.43 bits per heavy atom. The zero-order valence-electron chi connectivity index (χ0n) is 12.6. The second kappa shape index (κ2) is 8.10. The van der Waals surface area contributed by atoms with Gasteiger partial charge in [-0.25, -0.2) is 4.39 Å². The van der Waals surface area contributed by atoms with Gasteiger partial charge in [0.05, 0.1) is 6.54 Å². The van der Waals surface area contributed by atoms with Gasteiger partial charge >= 0.3 is 0 Å². The van der Waals surface area contributed by atoms with Crippen molar-refractivity contribution in [3.8, 4) is 0 Å². The average Bonchev–Trinajstić information content (AvgIpc) is 2.99. The zero-order valence-corrected chi connectivity index (χ0v) is 12.6. The van der Waals surface area contributed by atoms with Gasteiger partial charge in [-0.05, 0) is 43.6 Å². The highest BCUT2D eigenvalue weighted by Crippen LogP contribution is 2.07. The Hall–Kier alpha value is -1.46. The summed E-state index contributed by atoms with van der Waals surface area (Å²) in [4.78, 5) is 14.1. The molecule has 21 heavy (non-hydrogen) atoms. The Morgan fingerprint density at radius 2 is 2.19 bits per heavy atom. The monoisotopic (exact) mass is 293 g/mol. The molecule has 1 unspecified atom stereocenters. The topological polar surface area (TPSA) is 44.4 Å². The first-order valence-corrected chi connectivity index (χ1v) is 7.64. The molecule has 1 saturated heterocycles. The molecule has 1 aliphatic rings. The van der Waals surface area contributed by atoms with Crippen molar-refractivity contribution in [2.75, 3.05) is 26.2 Å². The molecule has 5 heteroatoms. The number of likely N-dealkylation sites (N-methyl/N-ethyl adjacent to an activating group) is 1. The first-order chi connectivity index (χ1) is 10.2. The lowest BCUT2D eigenvalue weighted by atomic mass is 10.2. The third kappa shape index (κ3) is 5.44. The maximum absolute atomic E-state index is 12.8. The Kier molecular flexibility index (Phi) is 6.14. The molecule has 4 nitrogen and oxygen atoms in total. The van der Waals surface area contributed by atoms with Crippen molar-refractivity contribution < 1.29 is 9.18 Å². The number of amides is 1. The highest BCUT2D eigenvalue weighted by atomic mass is 19.1. The minimum absolute atomic E-state index is 0.0131. The second-order valence-corrected chi connectivity index (χ2v) is 5.52. The molecule has 0 saturated carbocycles. The van der Waals surface area contributed by atoms with Gasteiger partial charge < -0.3 is 10.6 Å². The summed E-state index contributed by atoms with van der Waals surface area (Å²) < 4.78 is 12.8. The minimum atomic E-state index is -0.258. The van der Waals surface area contributed by atoms with Crippen LogP contribution >= 0.6 is 0 Å². The maximum Gasteiger partial charge on any atom is 0.234 e. The van der Waals surface area contributed by atoms with Crippen molar-refractivity contribution in [2.45, 2.75) is 32.4 Å². The van der Waals surface area contributed by atoms with E-state index >= 15 is 0 Å². The maximum atomic E-state index is 12.8. The van der Waals surface area contributed by atoms with E-state index in [1.165, 1.54) is 25.0 Å². The standard InChI is InChI=1S/C16H24FN3O/c1-2-20(11-15-4-3-9-18-15)12-16(21)19-10-13-5-7-14(17)8-6-13/h5-8,15,18H,2-4,9-12H2,1H3,(H,19,21). The van der Waals surface area contributed by atoms with Gasteiger partial charge in [0, 0.05) is 19.1 Å². The quantitative estimate of drug-likeness (QED) is 0.801. The summed E-state index contributed by atoms with van der Waals surface area (Å²) in [5.41, 5.74) is 0.908. The summed E-state index contributed by atoms with van der Waals surface area (Å²) in [6.07, 6.45) is 2.41. The number of halogens is 1. The second-order valence-electron chi connectivity index (χ2n) is 5.52. The molecule has 0 radical (unpaired) electrons. The van der Waals surface area contributed by atoms with Crippen LogP contribution < -0.4 is 10.6 Å². The summed E-state index contributed by atoms with van der Waals surface area (Å²) in [5, 5.41) is 6.33. The normalized spacial score (nSPS) is 18.1. The van der Waals surface area contributed by atoms with Crippen molar-refractivity contribution in [1.29, 1.82) is 0 Å². The molecular formula is C16H24FN3O. The van der Waals surface area contributed by atoms with E-state index in [0.717, 1.165) is 25.2 Å². The number of benzene rings is 1. The molecule has 1 amide bonds. The smallest absolute Gasteiger partial charge is 0.234 e. The molecule has 1 aromatic carbocycles. The molecule has 1 aromatic rings. The highest BCUT2D eigenvalue weighted by Gasteiger charge is 2.18. The lowest BCUT2D eigenvalue weighted by Crippen LogP contribution is -2.43. The van der Waals surface area contributed by atoms with Gasteiger partial charge in [-0.2, -0.15) is 0 Å². The molecule has 0 spiro atoms. The molecular weight excluding hydrogens is 269 g/mol. The number of hydrogen-bond donors (Lipinski definition) is 2. The van der Waals surface area contributed by atoms with Gasteiger partial charge in [-0.3, -0.25) is 9.69 Å². The molecule has 1 atom stereocenters. The third-order valence-electron chi connectivity index (χ3n) is 3.86. The van der Waals surface area contributed by atoms with Crippen LogP contribution in [0.25, 0.3) is 0 Å². The van der Waals surface area contributed by atoms with Crippen molar-refractivity contribution in [1.82, 2.24) is 15.5 Å². The fraction of sp³-hybridized carbons (Fsp3) is 0.562. The Morgan fingerprint density at radius 3 is 2.81 bits per heavy atom. The van der Waals surface area contributed by atoms with Gasteiger partial charge in [0.25, 0.3) is 0 Å². The number of rotatable bonds is 7. The predicted octanol–water partition coefficient (Wildman–Crippen LogP) is 1.52. The Labute approximate surface area is 125 Å². The van der Waals surface area contributed by atoms with Crippen molar-refractivity contribution in [2.24, 2.45) is 0 Å². The molecule has 1 fully saturated rings. The van der Waals surface area contributed by atoms with Gasteiger partial charge in [-0.1, -0.05) is 19.1 Å². The lowest BCUT2D eigenvalue weighted by molar-refractivity contribution is -0.122. The number of nitrogens with zero attached hydrogens (tertiary/aromatic N) is 1. The summed E-state index contributed by atoms with van der Waals surface area (Å²) in [7, 11) is 0.